The predicted octanol–water partition coefficient (Wildman–Crippen LogP) is 3.72. The third kappa shape index (κ3) is 5.59. The van der Waals surface area contributed by atoms with E-state index >= 15 is 0 Å². The average Bonchev–Trinajstić information content (AvgIpc) is 3.30. The molecule has 11 nitrogen and oxygen atoms in total. The summed E-state index contributed by atoms with van der Waals surface area (Å²) in [5.41, 5.74) is 1.16. The van der Waals surface area contributed by atoms with Gasteiger partial charge in [0.15, 0.2) is 5.82 Å². The number of hydrogen-bond donors (Lipinski definition) is 1. The Hall–Kier alpha value is -2.67. The molecule has 220 valence electrons. The van der Waals surface area contributed by atoms with Crippen molar-refractivity contribution < 1.29 is 13.2 Å². The van der Waals surface area contributed by atoms with E-state index in [-0.39, 0.29) is 28.0 Å². The zero-order valence-corrected chi connectivity index (χ0v) is 25.7. The highest BCUT2D eigenvalue weighted by atomic mass is 35.5. The van der Waals surface area contributed by atoms with Crippen LogP contribution in [-0.4, -0.2) is 83.8 Å². The Balaban J connectivity index is 1.35. The molecule has 1 saturated carbocycles. The summed E-state index contributed by atoms with van der Waals surface area (Å²) in [6.07, 6.45) is 5.72. The van der Waals surface area contributed by atoms with E-state index in [4.69, 9.17) is 28.3 Å². The average molecular weight is 622 g/mol. The molecule has 3 aliphatic rings. The number of piperazine rings is 1. The first-order valence-corrected chi connectivity index (χ1v) is 16.2. The number of fused-ring (bicyclic) bond motifs is 1. The predicted molar refractivity (Wildman–Crippen MR) is 159 cm³/mol. The lowest BCUT2D eigenvalue weighted by molar-refractivity contribution is -0.134. The van der Waals surface area contributed by atoms with Gasteiger partial charge in [0.2, 0.25) is 21.2 Å². The summed E-state index contributed by atoms with van der Waals surface area (Å²) < 4.78 is 32.0. The van der Waals surface area contributed by atoms with Crippen LogP contribution >= 0.6 is 23.2 Å². The molecule has 41 heavy (non-hydrogen) atoms. The molecule has 1 N–H and O–H groups in total. The van der Waals surface area contributed by atoms with E-state index in [2.05, 4.69) is 24.5 Å². The molecular weight excluding hydrogens is 587 g/mol. The lowest BCUT2D eigenvalue weighted by atomic mass is 10.1. The first kappa shape index (κ1) is 28.4. The number of sulfonamides is 1. The third-order valence-electron chi connectivity index (χ3n) is 8.29. The summed E-state index contributed by atoms with van der Waals surface area (Å²) in [5.74, 6) is 0.649. The molecule has 1 unspecified atom stereocenters. The molecule has 2 aromatic heterocycles. The number of carbonyl (C=O) groups excluding carboxylic acids is 1. The van der Waals surface area contributed by atoms with Crippen molar-refractivity contribution in [2.45, 2.75) is 56.5 Å². The minimum absolute atomic E-state index is 0.0301. The van der Waals surface area contributed by atoms with Gasteiger partial charge < -0.3 is 14.7 Å². The molecule has 1 atom stereocenters. The molecule has 6 rings (SSSR count). The highest BCUT2D eigenvalue weighted by molar-refractivity contribution is 7.89. The second-order valence-corrected chi connectivity index (χ2v) is 14.2. The van der Waals surface area contributed by atoms with E-state index in [9.17, 15) is 13.2 Å². The number of nitrogens with zero attached hydrogens (tertiary/aromatic N) is 7. The van der Waals surface area contributed by atoms with Crippen molar-refractivity contribution in [1.29, 1.82) is 0 Å². The van der Waals surface area contributed by atoms with E-state index in [1.54, 1.807) is 12.1 Å². The summed E-state index contributed by atoms with van der Waals surface area (Å²) in [4.78, 5) is 27.2. The van der Waals surface area contributed by atoms with Gasteiger partial charge in [-0.3, -0.25) is 9.48 Å². The number of carbonyl (C=O) groups is 1. The first-order chi connectivity index (χ1) is 19.4. The summed E-state index contributed by atoms with van der Waals surface area (Å²) in [5, 5.41) is 6.20. The van der Waals surface area contributed by atoms with Gasteiger partial charge in [0.05, 0.1) is 28.8 Å². The lowest BCUT2D eigenvalue weighted by Gasteiger charge is -2.37. The highest BCUT2D eigenvalue weighted by Crippen LogP contribution is 2.39. The zero-order valence-electron chi connectivity index (χ0n) is 23.3. The van der Waals surface area contributed by atoms with Gasteiger partial charge in [0.1, 0.15) is 5.02 Å². The number of aromatic nitrogens is 4. The van der Waals surface area contributed by atoms with Crippen LogP contribution < -0.4 is 14.5 Å². The Morgan fingerprint density at radius 1 is 1.07 bits per heavy atom. The van der Waals surface area contributed by atoms with Crippen molar-refractivity contribution in [2.24, 2.45) is 5.92 Å². The van der Waals surface area contributed by atoms with Gasteiger partial charge in [-0.1, -0.05) is 25.4 Å². The number of benzene rings is 1. The molecule has 1 amide bonds. The largest absolute Gasteiger partial charge is 0.367 e. The second-order valence-electron chi connectivity index (χ2n) is 11.8. The van der Waals surface area contributed by atoms with Crippen LogP contribution in [0.3, 0.4) is 0 Å². The number of hydrogen-bond acceptors (Lipinski definition) is 8. The number of anilines is 2. The number of nitrogens with one attached hydrogen (secondary N) is 1. The van der Waals surface area contributed by atoms with Gasteiger partial charge in [-0.2, -0.15) is 10.1 Å². The van der Waals surface area contributed by atoms with E-state index < -0.39 is 15.6 Å². The molecule has 1 aromatic carbocycles. The smallest absolute Gasteiger partial charge is 0.241 e. The summed E-state index contributed by atoms with van der Waals surface area (Å²) >= 11 is 12.4. The van der Waals surface area contributed by atoms with Crippen LogP contribution in [-0.2, 0) is 14.8 Å². The Kier molecular flexibility index (Phi) is 7.32. The van der Waals surface area contributed by atoms with E-state index in [1.807, 2.05) is 36.5 Å². The molecule has 0 spiro atoms. The van der Waals surface area contributed by atoms with E-state index in [0.29, 0.717) is 50.1 Å². The van der Waals surface area contributed by atoms with Gasteiger partial charge in [-0.25, -0.2) is 18.1 Å². The summed E-state index contributed by atoms with van der Waals surface area (Å²) in [7, 11) is -3.77. The fourth-order valence-electron chi connectivity index (χ4n) is 5.71. The maximum atomic E-state index is 13.6. The van der Waals surface area contributed by atoms with Gasteiger partial charge >= 0.3 is 0 Å². The maximum absolute atomic E-state index is 13.6. The van der Waals surface area contributed by atoms with Crippen molar-refractivity contribution in [3.63, 3.8) is 0 Å². The fourth-order valence-corrected chi connectivity index (χ4v) is 7.55. The van der Waals surface area contributed by atoms with Crippen LogP contribution in [0.25, 0.3) is 10.9 Å². The van der Waals surface area contributed by atoms with Crippen molar-refractivity contribution in [3.8, 4) is 0 Å². The molecular formula is C27H34Cl2N8O3S. The van der Waals surface area contributed by atoms with Crippen LogP contribution in [0.4, 0.5) is 11.5 Å². The zero-order chi connectivity index (χ0) is 29.1. The van der Waals surface area contributed by atoms with Gasteiger partial charge in [-0.05, 0) is 49.9 Å². The maximum Gasteiger partial charge on any atom is 0.241 e. The van der Waals surface area contributed by atoms with Crippen LogP contribution in [0.2, 0.25) is 10.3 Å². The van der Waals surface area contributed by atoms with Gasteiger partial charge in [0.25, 0.3) is 0 Å². The quantitative estimate of drug-likeness (QED) is 0.397. The van der Waals surface area contributed by atoms with Crippen molar-refractivity contribution >= 4 is 61.5 Å². The summed E-state index contributed by atoms with van der Waals surface area (Å²) in [6, 6.07) is 3.46. The monoisotopic (exact) mass is 620 g/mol. The SMILES string of the molecule is CC(C)C(=O)N1CCN(c2cc(S(=O)(=O)NC3(C)CC3)cc3c2cnn3C2CCN(c3nc(Cl)ncc3Cl)C2)CC1. The second kappa shape index (κ2) is 10.6. The van der Waals surface area contributed by atoms with Crippen LogP contribution in [0.5, 0.6) is 0 Å². The molecule has 0 radical (unpaired) electrons. The van der Waals surface area contributed by atoms with Gasteiger partial charge in [0, 0.05) is 61.8 Å². The van der Waals surface area contributed by atoms with Crippen molar-refractivity contribution in [2.75, 3.05) is 49.1 Å². The van der Waals surface area contributed by atoms with Crippen LogP contribution in [0.1, 0.15) is 46.1 Å². The summed E-state index contributed by atoms with van der Waals surface area (Å²) in [6.45, 7) is 9.40. The van der Waals surface area contributed by atoms with Crippen LogP contribution in [0, 0.1) is 5.92 Å². The third-order valence-corrected chi connectivity index (χ3v) is 10.4. The van der Waals surface area contributed by atoms with Crippen molar-refractivity contribution in [3.05, 3.63) is 34.8 Å². The molecule has 0 bridgehead atoms. The normalized spacial score (nSPS) is 20.8. The van der Waals surface area contributed by atoms with E-state index in [0.717, 1.165) is 35.9 Å². The Morgan fingerprint density at radius 3 is 2.49 bits per heavy atom. The van der Waals surface area contributed by atoms with Crippen molar-refractivity contribution in [1.82, 2.24) is 29.4 Å². The molecule has 3 aromatic rings. The Morgan fingerprint density at radius 2 is 1.80 bits per heavy atom. The molecule has 14 heteroatoms. The van der Waals surface area contributed by atoms with Crippen LogP contribution in [0.15, 0.2) is 29.4 Å². The molecule has 1 aliphatic carbocycles. The topological polar surface area (TPSA) is 117 Å². The van der Waals surface area contributed by atoms with Gasteiger partial charge in [-0.15, -0.1) is 0 Å². The Labute approximate surface area is 249 Å². The first-order valence-electron chi connectivity index (χ1n) is 14.0. The van der Waals surface area contributed by atoms with E-state index in [1.165, 1.54) is 6.20 Å². The molecule has 2 saturated heterocycles. The standard InChI is InChI=1S/C27H34Cl2N8O3S/c1-17(2)25(38)35-10-8-34(9-11-35)22-12-19(41(39,40)33-27(3)5-6-27)13-23-20(22)14-31-37(23)18-4-7-36(16-18)24-21(28)15-30-26(29)32-24/h12-15,17-18,33H,4-11,16H2,1-3H3. The number of halogens is 2. The molecule has 3 fully saturated rings. The minimum Gasteiger partial charge on any atom is -0.367 e. The number of amides is 1. The Bertz CT molecular complexity index is 1600. The number of rotatable bonds is 7. The molecule has 4 heterocycles. The fraction of sp³-hybridized carbons (Fsp3) is 0.556. The highest BCUT2D eigenvalue weighted by Gasteiger charge is 2.41. The minimum atomic E-state index is -3.77. The molecule has 2 aliphatic heterocycles. The lowest BCUT2D eigenvalue weighted by Crippen LogP contribution is -2.50.